The highest BCUT2D eigenvalue weighted by Gasteiger charge is 2.30. The fourth-order valence-corrected chi connectivity index (χ4v) is 3.92. The van der Waals surface area contributed by atoms with Gasteiger partial charge in [0, 0.05) is 25.7 Å². The molecule has 1 aliphatic rings. The predicted octanol–water partition coefficient (Wildman–Crippen LogP) is 2.13. The molecular formula is C15H25ClN2O3S. The van der Waals surface area contributed by atoms with Crippen LogP contribution < -0.4 is 10.1 Å². The Morgan fingerprint density at radius 1 is 1.32 bits per heavy atom. The molecule has 5 nitrogen and oxygen atoms in total. The Morgan fingerprint density at radius 3 is 2.50 bits per heavy atom. The Labute approximate surface area is 139 Å². The van der Waals surface area contributed by atoms with Gasteiger partial charge in [0.15, 0.2) is 0 Å². The van der Waals surface area contributed by atoms with Crippen molar-refractivity contribution in [3.05, 3.63) is 24.3 Å². The van der Waals surface area contributed by atoms with E-state index in [-0.39, 0.29) is 18.4 Å². The third-order valence-electron chi connectivity index (χ3n) is 3.45. The summed E-state index contributed by atoms with van der Waals surface area (Å²) in [6.07, 6.45) is 0. The zero-order valence-corrected chi connectivity index (χ0v) is 14.9. The molecule has 0 radical (unpaired) electrons. The van der Waals surface area contributed by atoms with Gasteiger partial charge in [-0.05, 0) is 37.1 Å². The molecule has 1 N–H and O–H groups in total. The Bertz CT molecular complexity index is 561. The van der Waals surface area contributed by atoms with Crippen LogP contribution in [0.3, 0.4) is 0 Å². The van der Waals surface area contributed by atoms with Crippen LogP contribution in [0.4, 0.5) is 0 Å². The highest BCUT2D eigenvalue weighted by molar-refractivity contribution is 7.89. The summed E-state index contributed by atoms with van der Waals surface area (Å²) < 4.78 is 32.4. The second-order valence-electron chi connectivity index (χ2n) is 5.85. The summed E-state index contributed by atoms with van der Waals surface area (Å²) >= 11 is 0. The first kappa shape index (κ1) is 19.2. The van der Waals surface area contributed by atoms with E-state index in [1.54, 1.807) is 28.6 Å². The van der Waals surface area contributed by atoms with Gasteiger partial charge in [0.05, 0.1) is 11.5 Å². The predicted molar refractivity (Wildman–Crippen MR) is 90.2 cm³/mol. The first-order valence-electron chi connectivity index (χ1n) is 7.36. The summed E-state index contributed by atoms with van der Waals surface area (Å²) in [6, 6.07) is 6.67. The minimum absolute atomic E-state index is 0. The van der Waals surface area contributed by atoms with Crippen LogP contribution in [0.25, 0.3) is 0 Å². The molecule has 0 saturated carbocycles. The van der Waals surface area contributed by atoms with E-state index in [2.05, 4.69) is 19.2 Å². The number of nitrogens with one attached hydrogen (secondary N) is 1. The molecule has 1 saturated heterocycles. The van der Waals surface area contributed by atoms with Crippen LogP contribution in [0.1, 0.15) is 20.8 Å². The van der Waals surface area contributed by atoms with Crippen LogP contribution in [0.2, 0.25) is 0 Å². The Hall–Kier alpha value is -0.820. The molecule has 1 aromatic carbocycles. The van der Waals surface area contributed by atoms with Gasteiger partial charge in [-0.2, -0.15) is 4.31 Å². The van der Waals surface area contributed by atoms with Gasteiger partial charge in [-0.3, -0.25) is 0 Å². The Kier molecular flexibility index (Phi) is 7.12. The van der Waals surface area contributed by atoms with E-state index in [0.29, 0.717) is 42.8 Å². The van der Waals surface area contributed by atoms with Crippen molar-refractivity contribution in [3.63, 3.8) is 0 Å². The molecule has 1 heterocycles. The van der Waals surface area contributed by atoms with Crippen molar-refractivity contribution in [1.82, 2.24) is 9.62 Å². The molecule has 2 rings (SSSR count). The SMILES string of the molecule is CC(C)COc1ccc(S(=O)(=O)N2CCNC[C@@H]2C)cc1.Cl. The molecule has 1 atom stereocenters. The maximum absolute atomic E-state index is 12.6. The molecule has 0 amide bonds. The average Bonchev–Trinajstić information content (AvgIpc) is 2.46. The number of nitrogens with zero attached hydrogens (tertiary/aromatic N) is 1. The van der Waals surface area contributed by atoms with E-state index >= 15 is 0 Å². The Balaban J connectivity index is 0.00000242. The van der Waals surface area contributed by atoms with Crippen molar-refractivity contribution in [2.24, 2.45) is 5.92 Å². The maximum atomic E-state index is 12.6. The van der Waals surface area contributed by atoms with Crippen LogP contribution in [0.5, 0.6) is 5.75 Å². The molecule has 1 aliphatic heterocycles. The van der Waals surface area contributed by atoms with E-state index in [1.807, 2.05) is 6.92 Å². The van der Waals surface area contributed by atoms with Crippen molar-refractivity contribution >= 4 is 22.4 Å². The molecule has 0 aromatic heterocycles. The van der Waals surface area contributed by atoms with Crippen LogP contribution in [0, 0.1) is 5.92 Å². The van der Waals surface area contributed by atoms with E-state index in [0.717, 1.165) is 0 Å². The van der Waals surface area contributed by atoms with Crippen LogP contribution in [-0.4, -0.2) is 45.0 Å². The standard InChI is InChI=1S/C15H24N2O3S.ClH/c1-12(2)11-20-14-4-6-15(7-5-14)21(18,19)17-9-8-16-10-13(17)3;/h4-7,12-13,16H,8-11H2,1-3H3;1H/t13-;/m0./s1. The molecule has 1 fully saturated rings. The second-order valence-corrected chi connectivity index (χ2v) is 7.74. The number of piperazine rings is 1. The number of sulfonamides is 1. The number of rotatable bonds is 5. The lowest BCUT2D eigenvalue weighted by atomic mass is 10.2. The van der Waals surface area contributed by atoms with Crippen molar-refractivity contribution < 1.29 is 13.2 Å². The Morgan fingerprint density at radius 2 is 1.95 bits per heavy atom. The van der Waals surface area contributed by atoms with E-state index < -0.39 is 10.0 Å². The van der Waals surface area contributed by atoms with Gasteiger partial charge in [-0.25, -0.2) is 8.42 Å². The van der Waals surface area contributed by atoms with Gasteiger partial charge < -0.3 is 10.1 Å². The molecule has 0 spiro atoms. The zero-order valence-electron chi connectivity index (χ0n) is 13.3. The summed E-state index contributed by atoms with van der Waals surface area (Å²) in [5.74, 6) is 1.14. The van der Waals surface area contributed by atoms with Gasteiger partial charge in [0.25, 0.3) is 0 Å². The van der Waals surface area contributed by atoms with Crippen molar-refractivity contribution in [1.29, 1.82) is 0 Å². The summed E-state index contributed by atoms with van der Waals surface area (Å²) in [6.45, 7) is 8.59. The molecule has 0 aliphatic carbocycles. The molecular weight excluding hydrogens is 324 g/mol. The second kappa shape index (κ2) is 8.15. The number of ether oxygens (including phenoxy) is 1. The summed E-state index contributed by atoms with van der Waals surface area (Å²) in [5.41, 5.74) is 0. The molecule has 126 valence electrons. The summed E-state index contributed by atoms with van der Waals surface area (Å²) in [5, 5.41) is 3.20. The van der Waals surface area contributed by atoms with E-state index in [1.165, 1.54) is 0 Å². The fraction of sp³-hybridized carbons (Fsp3) is 0.600. The quantitative estimate of drug-likeness (QED) is 0.885. The van der Waals surface area contributed by atoms with Gasteiger partial charge in [0.1, 0.15) is 5.75 Å². The monoisotopic (exact) mass is 348 g/mol. The van der Waals surface area contributed by atoms with E-state index in [9.17, 15) is 8.42 Å². The lowest BCUT2D eigenvalue weighted by Gasteiger charge is -2.32. The first-order chi connectivity index (χ1) is 9.91. The maximum Gasteiger partial charge on any atom is 0.243 e. The summed E-state index contributed by atoms with van der Waals surface area (Å²) in [7, 11) is -3.42. The average molecular weight is 349 g/mol. The zero-order chi connectivity index (χ0) is 15.5. The lowest BCUT2D eigenvalue weighted by Crippen LogP contribution is -2.52. The highest BCUT2D eigenvalue weighted by atomic mass is 35.5. The lowest BCUT2D eigenvalue weighted by molar-refractivity contribution is 0.270. The number of benzene rings is 1. The number of hydrogen-bond donors (Lipinski definition) is 1. The van der Waals surface area contributed by atoms with Gasteiger partial charge in [-0.1, -0.05) is 13.8 Å². The topological polar surface area (TPSA) is 58.6 Å². The molecule has 0 bridgehead atoms. The third kappa shape index (κ3) is 4.59. The van der Waals surface area contributed by atoms with Crippen LogP contribution >= 0.6 is 12.4 Å². The van der Waals surface area contributed by atoms with Gasteiger partial charge >= 0.3 is 0 Å². The van der Waals surface area contributed by atoms with E-state index in [4.69, 9.17) is 4.74 Å². The minimum atomic E-state index is -3.42. The van der Waals surface area contributed by atoms with Crippen molar-refractivity contribution in [2.45, 2.75) is 31.7 Å². The smallest absolute Gasteiger partial charge is 0.243 e. The van der Waals surface area contributed by atoms with Crippen LogP contribution in [-0.2, 0) is 10.0 Å². The van der Waals surface area contributed by atoms with Gasteiger partial charge in [-0.15, -0.1) is 12.4 Å². The molecule has 7 heteroatoms. The molecule has 1 aromatic rings. The highest BCUT2D eigenvalue weighted by Crippen LogP contribution is 2.22. The largest absolute Gasteiger partial charge is 0.493 e. The third-order valence-corrected chi connectivity index (χ3v) is 5.48. The van der Waals surface area contributed by atoms with Crippen LogP contribution in [0.15, 0.2) is 29.2 Å². The normalized spacial score (nSPS) is 19.7. The minimum Gasteiger partial charge on any atom is -0.493 e. The molecule has 22 heavy (non-hydrogen) atoms. The fourth-order valence-electron chi connectivity index (χ4n) is 2.29. The van der Waals surface area contributed by atoms with Crippen molar-refractivity contribution in [3.8, 4) is 5.75 Å². The number of halogens is 1. The van der Waals surface area contributed by atoms with Crippen molar-refractivity contribution in [2.75, 3.05) is 26.2 Å². The summed E-state index contributed by atoms with van der Waals surface area (Å²) in [4.78, 5) is 0.327. The molecule has 0 unspecified atom stereocenters. The van der Waals surface area contributed by atoms with Gasteiger partial charge in [0.2, 0.25) is 10.0 Å². The first-order valence-corrected chi connectivity index (χ1v) is 8.80. The number of hydrogen-bond acceptors (Lipinski definition) is 4.